The predicted octanol–water partition coefficient (Wildman–Crippen LogP) is 5.10. The first-order valence-electron chi connectivity index (χ1n) is 6.71. The number of hydrogen-bond donors (Lipinski definition) is 1. The molecule has 2 aromatic carbocycles. The molecule has 4 heteroatoms. The second kappa shape index (κ2) is 6.50. The predicted molar refractivity (Wildman–Crippen MR) is 88.3 cm³/mol. The molecule has 1 amide bonds. The van der Waals surface area contributed by atoms with Gasteiger partial charge in [-0.3, -0.25) is 4.79 Å². The van der Waals surface area contributed by atoms with Gasteiger partial charge in [0, 0.05) is 5.56 Å². The van der Waals surface area contributed by atoms with E-state index in [1.54, 1.807) is 12.1 Å². The van der Waals surface area contributed by atoms with Gasteiger partial charge in [0.2, 0.25) is 0 Å². The van der Waals surface area contributed by atoms with Crippen molar-refractivity contribution in [2.45, 2.75) is 26.8 Å². The first-order valence-corrected chi connectivity index (χ1v) is 7.47. The van der Waals surface area contributed by atoms with Crippen LogP contribution in [0.2, 0.25) is 10.0 Å². The van der Waals surface area contributed by atoms with Crippen molar-refractivity contribution >= 4 is 29.1 Å². The van der Waals surface area contributed by atoms with Gasteiger partial charge < -0.3 is 5.32 Å². The van der Waals surface area contributed by atoms with Gasteiger partial charge >= 0.3 is 0 Å². The lowest BCUT2D eigenvalue weighted by Crippen LogP contribution is -2.27. The fourth-order valence-electron chi connectivity index (χ4n) is 2.12. The largest absolute Gasteiger partial charge is 0.346 e. The van der Waals surface area contributed by atoms with Crippen molar-refractivity contribution in [3.05, 3.63) is 68.7 Å². The van der Waals surface area contributed by atoms with Crippen molar-refractivity contribution in [1.82, 2.24) is 5.32 Å². The molecular weight excluding hydrogens is 305 g/mol. The van der Waals surface area contributed by atoms with Gasteiger partial charge in [-0.15, -0.1) is 0 Å². The third-order valence-corrected chi connectivity index (χ3v) is 4.17. The summed E-state index contributed by atoms with van der Waals surface area (Å²) in [6.07, 6.45) is 0. The van der Waals surface area contributed by atoms with E-state index in [2.05, 4.69) is 5.32 Å². The maximum absolute atomic E-state index is 12.4. The van der Waals surface area contributed by atoms with Crippen LogP contribution < -0.4 is 5.32 Å². The van der Waals surface area contributed by atoms with Crippen LogP contribution in [0.5, 0.6) is 0 Å². The van der Waals surface area contributed by atoms with E-state index >= 15 is 0 Å². The van der Waals surface area contributed by atoms with E-state index in [9.17, 15) is 4.79 Å². The molecule has 1 atom stereocenters. The molecule has 21 heavy (non-hydrogen) atoms. The third kappa shape index (κ3) is 3.78. The second-order valence-corrected chi connectivity index (χ2v) is 6.00. The average molecular weight is 322 g/mol. The molecule has 0 aliphatic heterocycles. The zero-order valence-corrected chi connectivity index (χ0v) is 13.7. The molecule has 0 heterocycles. The first-order chi connectivity index (χ1) is 9.88. The van der Waals surface area contributed by atoms with E-state index in [0.29, 0.717) is 15.6 Å². The Labute approximate surface area is 135 Å². The van der Waals surface area contributed by atoms with Crippen LogP contribution in [-0.4, -0.2) is 5.91 Å². The van der Waals surface area contributed by atoms with Crippen LogP contribution in [0, 0.1) is 13.8 Å². The Morgan fingerprint density at radius 2 is 1.76 bits per heavy atom. The molecule has 0 unspecified atom stereocenters. The van der Waals surface area contributed by atoms with Crippen LogP contribution in [0.25, 0.3) is 0 Å². The summed E-state index contributed by atoms with van der Waals surface area (Å²) in [5.74, 6) is -0.0882. The Balaban J connectivity index is 2.18. The molecule has 1 N–H and O–H groups in total. The maximum atomic E-state index is 12.4. The fourth-order valence-corrected chi connectivity index (χ4v) is 2.43. The Bertz CT molecular complexity index is 682. The lowest BCUT2D eigenvalue weighted by atomic mass is 10.0. The van der Waals surface area contributed by atoms with Gasteiger partial charge in [0.15, 0.2) is 0 Å². The molecule has 0 radical (unpaired) electrons. The minimum absolute atomic E-state index is 0.0882. The Morgan fingerprint density at radius 3 is 2.43 bits per heavy atom. The second-order valence-electron chi connectivity index (χ2n) is 5.19. The van der Waals surface area contributed by atoms with E-state index in [0.717, 1.165) is 16.7 Å². The smallest absolute Gasteiger partial charge is 0.252 e. The highest BCUT2D eigenvalue weighted by Gasteiger charge is 2.14. The molecule has 0 aromatic heterocycles. The zero-order chi connectivity index (χ0) is 15.6. The maximum Gasteiger partial charge on any atom is 0.252 e. The number of nitrogens with one attached hydrogen (secondary N) is 1. The third-order valence-electron chi connectivity index (χ3n) is 3.43. The highest BCUT2D eigenvalue weighted by molar-refractivity contribution is 6.42. The molecule has 2 nitrogen and oxygen atoms in total. The summed E-state index contributed by atoms with van der Waals surface area (Å²) in [5.41, 5.74) is 3.64. The molecule has 2 aromatic rings. The molecule has 0 spiro atoms. The number of benzene rings is 2. The molecule has 2 rings (SSSR count). The van der Waals surface area contributed by atoms with Crippen molar-refractivity contribution in [3.8, 4) is 0 Å². The van der Waals surface area contributed by atoms with E-state index in [1.165, 1.54) is 0 Å². The van der Waals surface area contributed by atoms with Crippen LogP contribution >= 0.6 is 23.2 Å². The van der Waals surface area contributed by atoms with Gasteiger partial charge in [-0.05, 0) is 50.1 Å². The van der Waals surface area contributed by atoms with Gasteiger partial charge in [-0.25, -0.2) is 0 Å². The van der Waals surface area contributed by atoms with E-state index in [4.69, 9.17) is 23.2 Å². The first kappa shape index (κ1) is 15.9. The lowest BCUT2D eigenvalue weighted by Gasteiger charge is -2.16. The van der Waals surface area contributed by atoms with Crippen LogP contribution in [0.1, 0.15) is 40.0 Å². The fraction of sp³-hybridized carbons (Fsp3) is 0.235. The summed E-state index contributed by atoms with van der Waals surface area (Å²) in [6.45, 7) is 5.82. The van der Waals surface area contributed by atoms with Gasteiger partial charge in [0.25, 0.3) is 5.91 Å². The van der Waals surface area contributed by atoms with Crippen LogP contribution in [-0.2, 0) is 0 Å². The molecule has 0 fully saturated rings. The van der Waals surface area contributed by atoms with E-state index in [-0.39, 0.29) is 11.9 Å². The van der Waals surface area contributed by atoms with Gasteiger partial charge in [0.1, 0.15) is 0 Å². The monoisotopic (exact) mass is 321 g/mol. The van der Waals surface area contributed by atoms with Crippen molar-refractivity contribution in [3.63, 3.8) is 0 Å². The number of hydrogen-bond acceptors (Lipinski definition) is 1. The van der Waals surface area contributed by atoms with Crippen molar-refractivity contribution < 1.29 is 4.79 Å². The van der Waals surface area contributed by atoms with Crippen molar-refractivity contribution in [2.24, 2.45) is 0 Å². The normalized spacial score (nSPS) is 12.0. The minimum atomic E-state index is -0.146. The zero-order valence-electron chi connectivity index (χ0n) is 12.2. The average Bonchev–Trinajstić information content (AvgIpc) is 2.44. The highest BCUT2D eigenvalue weighted by atomic mass is 35.5. The molecule has 0 aliphatic carbocycles. The van der Waals surface area contributed by atoms with Crippen LogP contribution in [0.3, 0.4) is 0 Å². The van der Waals surface area contributed by atoms with Gasteiger partial charge in [-0.2, -0.15) is 0 Å². The summed E-state index contributed by atoms with van der Waals surface area (Å²) < 4.78 is 0. The number of amides is 1. The minimum Gasteiger partial charge on any atom is -0.346 e. The Kier molecular flexibility index (Phi) is 4.92. The summed E-state index contributed by atoms with van der Waals surface area (Å²) in [5, 5.41) is 3.98. The SMILES string of the molecule is Cc1ccc(C)c(C(=O)N[C@@H](C)c2ccc(Cl)c(Cl)c2)c1. The number of carbonyl (C=O) groups excluding carboxylic acids is 1. The molecule has 0 aliphatic rings. The quantitative estimate of drug-likeness (QED) is 0.837. The summed E-state index contributed by atoms with van der Waals surface area (Å²) in [7, 11) is 0. The Morgan fingerprint density at radius 1 is 1.05 bits per heavy atom. The number of aryl methyl sites for hydroxylation is 2. The van der Waals surface area contributed by atoms with Gasteiger partial charge in [-0.1, -0.05) is 47.0 Å². The molecule has 0 saturated carbocycles. The Hall–Kier alpha value is -1.51. The molecule has 110 valence electrons. The summed E-state index contributed by atoms with van der Waals surface area (Å²) >= 11 is 11.9. The van der Waals surface area contributed by atoms with E-state index in [1.807, 2.05) is 45.0 Å². The molecule has 0 bridgehead atoms. The van der Waals surface area contributed by atoms with Crippen molar-refractivity contribution in [2.75, 3.05) is 0 Å². The topological polar surface area (TPSA) is 29.1 Å². The van der Waals surface area contributed by atoms with Crippen LogP contribution in [0.4, 0.5) is 0 Å². The number of carbonyl (C=O) groups is 1. The highest BCUT2D eigenvalue weighted by Crippen LogP contribution is 2.25. The number of rotatable bonds is 3. The van der Waals surface area contributed by atoms with E-state index < -0.39 is 0 Å². The summed E-state index contributed by atoms with van der Waals surface area (Å²) in [6, 6.07) is 11.1. The van der Waals surface area contributed by atoms with Gasteiger partial charge in [0.05, 0.1) is 16.1 Å². The van der Waals surface area contributed by atoms with Crippen molar-refractivity contribution in [1.29, 1.82) is 0 Å². The molecular formula is C17H17Cl2NO. The van der Waals surface area contributed by atoms with Crippen LogP contribution in [0.15, 0.2) is 36.4 Å². The standard InChI is InChI=1S/C17H17Cl2NO/c1-10-4-5-11(2)14(8-10)17(21)20-12(3)13-6-7-15(18)16(19)9-13/h4-9,12H,1-3H3,(H,20,21)/t12-/m0/s1. The molecule has 0 saturated heterocycles. The number of halogens is 2. The lowest BCUT2D eigenvalue weighted by molar-refractivity contribution is 0.0939. The summed E-state index contributed by atoms with van der Waals surface area (Å²) in [4.78, 5) is 12.4.